The monoisotopic (exact) mass is 423 g/mol. The molecule has 0 saturated heterocycles. The van der Waals surface area contributed by atoms with E-state index in [0.29, 0.717) is 11.5 Å². The van der Waals surface area contributed by atoms with Crippen LogP contribution in [0.15, 0.2) is 12.1 Å². The summed E-state index contributed by atoms with van der Waals surface area (Å²) in [5.41, 5.74) is 10.1. The quantitative estimate of drug-likeness (QED) is 0.262. The van der Waals surface area contributed by atoms with Gasteiger partial charge in [0, 0.05) is 6.04 Å². The van der Waals surface area contributed by atoms with Crippen LogP contribution in [0.4, 0.5) is 34.9 Å². The molecule has 0 atom stereocenters. The maximum atomic E-state index is 13.4. The summed E-state index contributed by atoms with van der Waals surface area (Å²) < 4.78 is 51.7. The van der Waals surface area contributed by atoms with Gasteiger partial charge in [-0.3, -0.25) is 0 Å². The van der Waals surface area contributed by atoms with Gasteiger partial charge in [-0.2, -0.15) is 0 Å². The van der Waals surface area contributed by atoms with Gasteiger partial charge in [-0.25, -0.2) is 22.5 Å². The lowest BCUT2D eigenvalue weighted by Crippen LogP contribution is -2.10. The van der Waals surface area contributed by atoms with Crippen molar-refractivity contribution in [3.05, 3.63) is 45.4 Å². The minimum Gasteiger partial charge on any atom is -0.397 e. The highest BCUT2D eigenvalue weighted by Gasteiger charge is 2.16. The lowest BCUT2D eigenvalue weighted by molar-refractivity contribution is 0.513. The first-order chi connectivity index (χ1) is 12.5. The van der Waals surface area contributed by atoms with Gasteiger partial charge in [0.15, 0.2) is 23.3 Å². The lowest BCUT2D eigenvalue weighted by atomic mass is 10.2. The lowest BCUT2D eigenvalue weighted by Gasteiger charge is -2.04. The van der Waals surface area contributed by atoms with Crippen molar-refractivity contribution in [3.63, 3.8) is 0 Å². The van der Waals surface area contributed by atoms with E-state index in [0.717, 1.165) is 6.07 Å². The second-order valence-corrected chi connectivity index (χ2v) is 6.57. The molecule has 3 rings (SSSR count). The molecule has 0 aliphatic rings. The van der Waals surface area contributed by atoms with Crippen LogP contribution in [0, 0.1) is 23.3 Å². The molecule has 0 aliphatic heterocycles. The number of halogens is 6. The summed E-state index contributed by atoms with van der Waals surface area (Å²) in [7, 11) is 0. The molecule has 2 aromatic carbocycles. The van der Waals surface area contributed by atoms with Crippen LogP contribution in [0.3, 0.4) is 0 Å². The number of nitrogens with one attached hydrogen (secondary N) is 2. The smallest absolute Gasteiger partial charge is 0.201 e. The molecule has 0 spiro atoms. The minimum atomic E-state index is -1.20. The predicted molar refractivity (Wildman–Crippen MR) is 100.0 cm³/mol. The van der Waals surface area contributed by atoms with E-state index in [1.807, 2.05) is 13.8 Å². The fraction of sp³-hybridized carbons (Fsp3) is 0.188. The number of nitrogens with two attached hydrogens (primary N) is 2. The zero-order valence-corrected chi connectivity index (χ0v) is 15.6. The summed E-state index contributed by atoms with van der Waals surface area (Å²) in [6, 6.07) is 2.52. The predicted octanol–water partition coefficient (Wildman–Crippen LogP) is 5.10. The maximum Gasteiger partial charge on any atom is 0.201 e. The van der Waals surface area contributed by atoms with Gasteiger partial charge in [0.25, 0.3) is 0 Å². The second kappa shape index (κ2) is 8.10. The topological polar surface area (TPSA) is 92.8 Å². The summed E-state index contributed by atoms with van der Waals surface area (Å²) >= 11 is 10.8. The summed E-state index contributed by atoms with van der Waals surface area (Å²) in [4.78, 5) is 6.74. The number of rotatable bonds is 2. The van der Waals surface area contributed by atoms with Crippen LogP contribution in [-0.2, 0) is 0 Å². The van der Waals surface area contributed by atoms with Crippen molar-refractivity contribution in [2.45, 2.75) is 19.9 Å². The molecule has 0 bridgehead atoms. The third kappa shape index (κ3) is 4.48. The van der Waals surface area contributed by atoms with Crippen LogP contribution in [0.5, 0.6) is 0 Å². The highest BCUT2D eigenvalue weighted by Crippen LogP contribution is 2.28. The number of benzene rings is 2. The molecule has 1 aromatic heterocycles. The number of aromatic amines is 1. The van der Waals surface area contributed by atoms with Crippen molar-refractivity contribution in [2.75, 3.05) is 16.8 Å². The Labute approximate surface area is 161 Å². The third-order valence-electron chi connectivity index (χ3n) is 3.27. The van der Waals surface area contributed by atoms with Crippen molar-refractivity contribution in [1.82, 2.24) is 9.97 Å². The van der Waals surface area contributed by atoms with Crippen LogP contribution in [0.2, 0.25) is 10.0 Å². The number of aromatic nitrogens is 2. The summed E-state index contributed by atoms with van der Waals surface area (Å²) in [5, 5.41) is 2.34. The van der Waals surface area contributed by atoms with Gasteiger partial charge in [-0.05, 0) is 26.0 Å². The number of fused-ring (bicyclic) bond motifs is 1. The maximum absolute atomic E-state index is 13.4. The number of hydrogen-bond acceptors (Lipinski definition) is 4. The highest BCUT2D eigenvalue weighted by molar-refractivity contribution is 6.31. The molecule has 1 heterocycles. The standard InChI is InChI=1S/C10H10ClF2N3.C6H5ClF2N2/c1-4(2)14-10-15-6-3-5(11)7(12)8(13)9(6)16-10;7-2-1-3(10)6(11)5(9)4(2)8/h3-4H,1-2H3,(H2,14,15,16);1H,10-11H2. The van der Waals surface area contributed by atoms with E-state index in [1.165, 1.54) is 6.07 Å². The summed E-state index contributed by atoms with van der Waals surface area (Å²) in [6.45, 7) is 3.83. The van der Waals surface area contributed by atoms with E-state index >= 15 is 0 Å². The van der Waals surface area contributed by atoms with E-state index in [2.05, 4.69) is 15.3 Å². The molecule has 0 saturated carbocycles. The molecule has 6 N–H and O–H groups in total. The molecule has 0 aliphatic carbocycles. The molecule has 27 heavy (non-hydrogen) atoms. The molecular weight excluding hydrogens is 409 g/mol. The van der Waals surface area contributed by atoms with E-state index in [-0.39, 0.29) is 27.3 Å². The van der Waals surface area contributed by atoms with Gasteiger partial charge in [-0.15, -0.1) is 0 Å². The van der Waals surface area contributed by atoms with Gasteiger partial charge in [-0.1, -0.05) is 23.2 Å². The molecule has 0 radical (unpaired) electrons. The van der Waals surface area contributed by atoms with Crippen molar-refractivity contribution in [3.8, 4) is 0 Å². The first-order valence-corrected chi connectivity index (χ1v) is 8.26. The highest BCUT2D eigenvalue weighted by atomic mass is 35.5. The van der Waals surface area contributed by atoms with Crippen LogP contribution in [0.25, 0.3) is 11.0 Å². The van der Waals surface area contributed by atoms with E-state index < -0.39 is 29.0 Å². The van der Waals surface area contributed by atoms with Gasteiger partial charge in [0.2, 0.25) is 5.95 Å². The first-order valence-electron chi connectivity index (χ1n) is 7.51. The molecular formula is C16H15Cl2F4N5. The number of nitrogen functional groups attached to an aromatic ring is 2. The fourth-order valence-corrected chi connectivity index (χ4v) is 2.42. The minimum absolute atomic E-state index is 0.0509. The van der Waals surface area contributed by atoms with Crippen LogP contribution in [-0.4, -0.2) is 16.0 Å². The number of imidazole rings is 1. The molecule has 5 nitrogen and oxygen atoms in total. The number of H-pyrrole nitrogens is 1. The molecule has 3 aromatic rings. The third-order valence-corrected chi connectivity index (χ3v) is 3.82. The number of nitrogens with zero attached hydrogens (tertiary/aromatic N) is 1. The Bertz CT molecular complexity index is 965. The van der Waals surface area contributed by atoms with E-state index in [1.54, 1.807) is 0 Å². The van der Waals surface area contributed by atoms with Gasteiger partial charge < -0.3 is 21.8 Å². The summed E-state index contributed by atoms with van der Waals surface area (Å²) in [6.07, 6.45) is 0. The van der Waals surface area contributed by atoms with Crippen LogP contribution in [0.1, 0.15) is 13.8 Å². The normalized spacial score (nSPS) is 10.9. The second-order valence-electron chi connectivity index (χ2n) is 5.76. The SMILES string of the molecule is CC(C)Nc1nc2c(F)c(F)c(Cl)cc2[nH]1.Nc1cc(Cl)c(F)c(F)c1N. The molecule has 0 unspecified atom stereocenters. The van der Waals surface area contributed by atoms with Crippen molar-refractivity contribution in [2.24, 2.45) is 0 Å². The Balaban J connectivity index is 0.000000208. The fourth-order valence-electron chi connectivity index (χ4n) is 2.03. The van der Waals surface area contributed by atoms with Crippen LogP contribution >= 0.6 is 23.2 Å². The Morgan fingerprint density at radius 1 is 0.963 bits per heavy atom. The van der Waals surface area contributed by atoms with E-state index in [9.17, 15) is 17.6 Å². The molecule has 0 amide bonds. The number of anilines is 3. The van der Waals surface area contributed by atoms with Crippen molar-refractivity contribution in [1.29, 1.82) is 0 Å². The van der Waals surface area contributed by atoms with Gasteiger partial charge >= 0.3 is 0 Å². The zero-order valence-electron chi connectivity index (χ0n) is 14.1. The van der Waals surface area contributed by atoms with Crippen molar-refractivity contribution >= 4 is 51.6 Å². The average Bonchev–Trinajstić information content (AvgIpc) is 2.98. The first kappa shape index (κ1) is 20.9. The molecule has 146 valence electrons. The van der Waals surface area contributed by atoms with Crippen molar-refractivity contribution < 1.29 is 17.6 Å². The molecule has 11 heteroatoms. The van der Waals surface area contributed by atoms with Gasteiger partial charge in [0.05, 0.1) is 26.9 Å². The summed E-state index contributed by atoms with van der Waals surface area (Å²) in [5.74, 6) is -4.08. The van der Waals surface area contributed by atoms with Crippen LogP contribution < -0.4 is 16.8 Å². The average molecular weight is 424 g/mol. The Morgan fingerprint density at radius 3 is 2.11 bits per heavy atom. The Hall–Kier alpha value is -2.39. The zero-order chi connectivity index (χ0) is 20.5. The Kier molecular flexibility index (Phi) is 6.27. The molecule has 0 fully saturated rings. The largest absolute Gasteiger partial charge is 0.397 e. The Morgan fingerprint density at radius 2 is 1.52 bits per heavy atom. The van der Waals surface area contributed by atoms with E-state index in [4.69, 9.17) is 34.7 Å². The van der Waals surface area contributed by atoms with Gasteiger partial charge in [0.1, 0.15) is 5.52 Å². The number of hydrogen-bond donors (Lipinski definition) is 4.